The maximum absolute atomic E-state index is 13.2. The van der Waals surface area contributed by atoms with E-state index < -0.39 is 7.12 Å². The van der Waals surface area contributed by atoms with Crippen LogP contribution in [-0.2, 0) is 6.54 Å². The molecule has 29 heavy (non-hydrogen) atoms. The van der Waals surface area contributed by atoms with Crippen LogP contribution in [0.3, 0.4) is 0 Å². The number of carbonyl (C=O) groups excluding carboxylic acids is 1. The van der Waals surface area contributed by atoms with E-state index in [1.54, 1.807) is 18.2 Å². The number of amides is 1. The van der Waals surface area contributed by atoms with Crippen LogP contribution in [0.25, 0.3) is 10.9 Å². The molecule has 1 amide bonds. The Morgan fingerprint density at radius 1 is 1.10 bits per heavy atom. The molecule has 7 heteroatoms. The molecule has 6 nitrogen and oxygen atoms in total. The Labute approximate surface area is 170 Å². The second kappa shape index (κ2) is 8.33. The molecular formula is C22H24BN3O3. The Morgan fingerprint density at radius 3 is 2.59 bits per heavy atom. The number of likely N-dealkylation sites (tertiary alicyclic amines) is 1. The fourth-order valence-electron chi connectivity index (χ4n) is 4.04. The molecule has 1 aliphatic rings. The number of para-hydroxylation sites is 1. The van der Waals surface area contributed by atoms with Gasteiger partial charge in [-0.25, -0.2) is 0 Å². The van der Waals surface area contributed by atoms with E-state index in [1.165, 1.54) is 5.56 Å². The van der Waals surface area contributed by atoms with Gasteiger partial charge in [0.05, 0.1) is 16.7 Å². The van der Waals surface area contributed by atoms with Crippen molar-refractivity contribution < 1.29 is 14.8 Å². The number of piperidine rings is 1. The van der Waals surface area contributed by atoms with Crippen LogP contribution in [0.4, 0.5) is 0 Å². The molecule has 0 radical (unpaired) electrons. The van der Waals surface area contributed by atoms with Crippen LogP contribution in [0.5, 0.6) is 0 Å². The number of carbonyl (C=O) groups is 1. The number of fused-ring (bicyclic) bond motifs is 1. The number of nitrogens with zero attached hydrogens (tertiary/aromatic N) is 2. The Kier molecular flexibility index (Phi) is 5.62. The number of aromatic nitrogens is 1. The van der Waals surface area contributed by atoms with Gasteiger partial charge in [-0.1, -0.05) is 42.5 Å². The summed E-state index contributed by atoms with van der Waals surface area (Å²) in [6.07, 6.45) is 1.80. The highest BCUT2D eigenvalue weighted by molar-refractivity contribution is 6.57. The van der Waals surface area contributed by atoms with Gasteiger partial charge in [0.2, 0.25) is 0 Å². The SMILES string of the molecule is NCc1cccc(C2CCN(C(=O)c3cccc4ccc(B(O)O)nc34)CC2)c1. The number of hydrogen-bond acceptors (Lipinski definition) is 5. The topological polar surface area (TPSA) is 99.7 Å². The highest BCUT2D eigenvalue weighted by Crippen LogP contribution is 2.29. The average Bonchev–Trinajstić information content (AvgIpc) is 2.78. The van der Waals surface area contributed by atoms with E-state index >= 15 is 0 Å². The lowest BCUT2D eigenvalue weighted by Gasteiger charge is -2.32. The second-order valence-electron chi connectivity index (χ2n) is 7.50. The number of nitrogens with two attached hydrogens (primary N) is 1. The van der Waals surface area contributed by atoms with Crippen molar-refractivity contribution in [2.24, 2.45) is 5.73 Å². The molecule has 1 aliphatic heterocycles. The third-order valence-electron chi connectivity index (χ3n) is 5.68. The minimum atomic E-state index is -1.66. The first-order chi connectivity index (χ1) is 14.1. The van der Waals surface area contributed by atoms with Gasteiger partial charge in [0.1, 0.15) is 0 Å². The van der Waals surface area contributed by atoms with Crippen molar-refractivity contribution in [3.05, 3.63) is 71.3 Å². The molecule has 0 unspecified atom stereocenters. The summed E-state index contributed by atoms with van der Waals surface area (Å²) in [6, 6.07) is 17.1. The molecule has 2 heterocycles. The van der Waals surface area contributed by atoms with Crippen molar-refractivity contribution >= 4 is 29.5 Å². The summed E-state index contributed by atoms with van der Waals surface area (Å²) in [5, 5.41) is 19.7. The van der Waals surface area contributed by atoms with Gasteiger partial charge in [0.15, 0.2) is 0 Å². The summed E-state index contributed by atoms with van der Waals surface area (Å²) in [7, 11) is -1.66. The first-order valence-electron chi connectivity index (χ1n) is 9.91. The maximum atomic E-state index is 13.2. The molecule has 1 fully saturated rings. The molecule has 4 rings (SSSR count). The van der Waals surface area contributed by atoms with E-state index in [4.69, 9.17) is 5.73 Å². The number of pyridine rings is 1. The Balaban J connectivity index is 1.53. The Hall–Kier alpha value is -2.74. The summed E-state index contributed by atoms with van der Waals surface area (Å²) < 4.78 is 0. The van der Waals surface area contributed by atoms with Gasteiger partial charge in [0, 0.05) is 25.0 Å². The molecule has 0 aliphatic carbocycles. The quantitative estimate of drug-likeness (QED) is 0.586. The molecule has 2 aromatic carbocycles. The molecule has 0 saturated carbocycles. The zero-order valence-corrected chi connectivity index (χ0v) is 16.2. The second-order valence-corrected chi connectivity index (χ2v) is 7.50. The van der Waals surface area contributed by atoms with Crippen LogP contribution in [0.1, 0.15) is 40.2 Å². The van der Waals surface area contributed by atoms with Crippen LogP contribution in [0.15, 0.2) is 54.6 Å². The van der Waals surface area contributed by atoms with Gasteiger partial charge in [-0.15, -0.1) is 0 Å². The summed E-state index contributed by atoms with van der Waals surface area (Å²) >= 11 is 0. The van der Waals surface area contributed by atoms with Crippen LogP contribution >= 0.6 is 0 Å². The largest absolute Gasteiger partial charge is 0.508 e. The lowest BCUT2D eigenvalue weighted by Crippen LogP contribution is -2.38. The van der Waals surface area contributed by atoms with Crippen molar-refractivity contribution in [2.75, 3.05) is 13.1 Å². The minimum absolute atomic E-state index is 0.0677. The van der Waals surface area contributed by atoms with Gasteiger partial charge in [-0.05, 0) is 42.0 Å². The minimum Gasteiger partial charge on any atom is -0.422 e. The molecule has 0 spiro atoms. The molecule has 148 valence electrons. The molecule has 3 aromatic rings. The average molecular weight is 389 g/mol. The van der Waals surface area contributed by atoms with Crippen LogP contribution < -0.4 is 11.3 Å². The zero-order chi connectivity index (χ0) is 20.4. The number of rotatable bonds is 4. The monoisotopic (exact) mass is 389 g/mol. The van der Waals surface area contributed by atoms with Crippen molar-refractivity contribution in [1.29, 1.82) is 0 Å². The lowest BCUT2D eigenvalue weighted by molar-refractivity contribution is 0.0714. The third-order valence-corrected chi connectivity index (χ3v) is 5.68. The smallest absolute Gasteiger partial charge is 0.422 e. The molecule has 1 saturated heterocycles. The Morgan fingerprint density at radius 2 is 1.86 bits per heavy atom. The first kappa shape index (κ1) is 19.6. The summed E-state index contributed by atoms with van der Waals surface area (Å²) in [6.45, 7) is 1.88. The maximum Gasteiger partial charge on any atom is 0.508 e. The standard InChI is InChI=1S/C22H24BN3O3/c24-14-15-3-1-5-18(13-15)16-9-11-26(12-10-16)22(27)19-6-2-4-17-7-8-20(23(28)29)25-21(17)19/h1-8,13,16,28-29H,9-12,14,24H2. The normalized spacial score (nSPS) is 14.9. The van der Waals surface area contributed by atoms with Crippen LogP contribution in [0.2, 0.25) is 0 Å². The summed E-state index contributed by atoms with van der Waals surface area (Å²) in [5.74, 6) is 0.356. The van der Waals surface area contributed by atoms with Crippen LogP contribution in [0, 0.1) is 0 Å². The zero-order valence-electron chi connectivity index (χ0n) is 16.2. The van der Waals surface area contributed by atoms with Gasteiger partial charge in [0.25, 0.3) is 5.91 Å². The van der Waals surface area contributed by atoms with E-state index in [0.717, 1.165) is 23.8 Å². The van der Waals surface area contributed by atoms with E-state index in [-0.39, 0.29) is 11.5 Å². The van der Waals surface area contributed by atoms with E-state index in [1.807, 2.05) is 29.2 Å². The molecule has 4 N–H and O–H groups in total. The summed E-state index contributed by atoms with van der Waals surface area (Å²) in [5.41, 5.74) is 9.30. The number of hydrogen-bond donors (Lipinski definition) is 3. The molecule has 1 aromatic heterocycles. The van der Waals surface area contributed by atoms with Crippen molar-refractivity contribution in [1.82, 2.24) is 9.88 Å². The van der Waals surface area contributed by atoms with E-state index in [2.05, 4.69) is 17.1 Å². The fourth-order valence-corrected chi connectivity index (χ4v) is 4.04. The van der Waals surface area contributed by atoms with Crippen molar-refractivity contribution in [3.8, 4) is 0 Å². The lowest BCUT2D eigenvalue weighted by atomic mass is 9.85. The molecule has 0 bridgehead atoms. The number of benzene rings is 2. The van der Waals surface area contributed by atoms with Crippen LogP contribution in [-0.4, -0.2) is 46.0 Å². The Bertz CT molecular complexity index is 1030. The third kappa shape index (κ3) is 4.03. The van der Waals surface area contributed by atoms with Gasteiger partial charge >= 0.3 is 7.12 Å². The summed E-state index contributed by atoms with van der Waals surface area (Å²) in [4.78, 5) is 19.4. The predicted molar refractivity (Wildman–Crippen MR) is 114 cm³/mol. The van der Waals surface area contributed by atoms with Gasteiger partial charge < -0.3 is 20.7 Å². The van der Waals surface area contributed by atoms with Gasteiger partial charge in [-0.2, -0.15) is 0 Å². The highest BCUT2D eigenvalue weighted by atomic mass is 16.4. The van der Waals surface area contributed by atoms with Crippen molar-refractivity contribution in [2.45, 2.75) is 25.3 Å². The molecular weight excluding hydrogens is 365 g/mol. The highest BCUT2D eigenvalue weighted by Gasteiger charge is 2.26. The first-order valence-corrected chi connectivity index (χ1v) is 9.91. The van der Waals surface area contributed by atoms with E-state index in [0.29, 0.717) is 36.6 Å². The van der Waals surface area contributed by atoms with Crippen molar-refractivity contribution in [3.63, 3.8) is 0 Å². The predicted octanol–water partition coefficient (Wildman–Crippen LogP) is 1.39. The van der Waals surface area contributed by atoms with E-state index in [9.17, 15) is 14.8 Å². The molecule has 0 atom stereocenters. The van der Waals surface area contributed by atoms with Gasteiger partial charge in [-0.3, -0.25) is 9.78 Å². The fraction of sp³-hybridized carbons (Fsp3) is 0.273.